The van der Waals surface area contributed by atoms with Crippen LogP contribution in [0.1, 0.15) is 35.9 Å². The summed E-state index contributed by atoms with van der Waals surface area (Å²) in [7, 11) is 0. The summed E-state index contributed by atoms with van der Waals surface area (Å²) in [5, 5.41) is 4.40. The van der Waals surface area contributed by atoms with Gasteiger partial charge in [0.1, 0.15) is 5.01 Å². The van der Waals surface area contributed by atoms with Crippen LogP contribution in [0.25, 0.3) is 85.1 Å². The molecule has 4 heteroatoms. The highest BCUT2D eigenvalue weighted by Crippen LogP contribution is 2.52. The SMILES string of the molecule is [2H]c1c([2H])c([2H])c(-c2nc3c([2H])c([2H])c(-c4ccc5c(c4)sc4c6ccccc6c(N(c6ccc(-c7ccccc7)cc6)c6ccc7c(c6)C(C)(C)c6ccccc6-7)cc54)c([2H])c3s2)c([2H])c1[2H]. The Morgan fingerprint density at radius 2 is 1.22 bits per heavy atom. The lowest BCUT2D eigenvalue weighted by atomic mass is 9.82. The molecule has 0 amide bonds. The third-order valence-electron chi connectivity index (χ3n) is 11.9. The normalized spacial score (nSPS) is 14.8. The molecule has 0 saturated heterocycles. The molecule has 2 aromatic heterocycles. The third kappa shape index (κ3) is 5.56. The molecule has 284 valence electrons. The van der Waals surface area contributed by atoms with Crippen molar-refractivity contribution in [2.75, 3.05) is 4.90 Å². The van der Waals surface area contributed by atoms with Crippen LogP contribution in [0.3, 0.4) is 0 Å². The second-order valence-corrected chi connectivity index (χ2v) is 17.8. The van der Waals surface area contributed by atoms with Crippen LogP contribution in [-0.2, 0) is 5.41 Å². The van der Waals surface area contributed by atoms with Gasteiger partial charge in [-0.15, -0.1) is 22.7 Å². The first kappa shape index (κ1) is 27.8. The summed E-state index contributed by atoms with van der Waals surface area (Å²) in [4.78, 5) is 6.90. The number of benzene rings is 9. The Balaban J connectivity index is 1.03. The molecule has 11 aromatic rings. The highest BCUT2D eigenvalue weighted by molar-refractivity contribution is 7.26. The van der Waals surface area contributed by atoms with Crippen LogP contribution in [0.4, 0.5) is 17.1 Å². The van der Waals surface area contributed by atoms with E-state index in [9.17, 15) is 2.74 Å². The number of aromatic nitrogens is 1. The van der Waals surface area contributed by atoms with Crippen molar-refractivity contribution in [3.63, 3.8) is 0 Å². The number of hydrogen-bond acceptors (Lipinski definition) is 4. The van der Waals surface area contributed by atoms with Crippen molar-refractivity contribution in [2.24, 2.45) is 0 Å². The molecular weight excluding hydrogens is 765 g/mol. The highest BCUT2D eigenvalue weighted by Gasteiger charge is 2.36. The molecule has 0 atom stereocenters. The lowest BCUT2D eigenvalue weighted by Crippen LogP contribution is -2.16. The van der Waals surface area contributed by atoms with Gasteiger partial charge in [0.2, 0.25) is 0 Å². The first-order valence-corrected chi connectivity index (χ1v) is 21.5. The van der Waals surface area contributed by atoms with Crippen molar-refractivity contribution in [1.82, 2.24) is 4.98 Å². The fourth-order valence-electron chi connectivity index (χ4n) is 8.98. The summed E-state index contributed by atoms with van der Waals surface area (Å²) < 4.78 is 71.5. The Kier molecular flexibility index (Phi) is 6.30. The summed E-state index contributed by atoms with van der Waals surface area (Å²) in [6.45, 7) is 4.62. The predicted molar refractivity (Wildman–Crippen MR) is 259 cm³/mol. The molecular formula is C56H38N2S2. The molecule has 0 unspecified atom stereocenters. The minimum absolute atomic E-state index is 0.000131. The van der Waals surface area contributed by atoms with E-state index in [0.717, 1.165) is 70.5 Å². The van der Waals surface area contributed by atoms with Gasteiger partial charge in [-0.3, -0.25) is 0 Å². The van der Waals surface area contributed by atoms with E-state index >= 15 is 0 Å². The minimum Gasteiger partial charge on any atom is -0.310 e. The Labute approximate surface area is 368 Å². The number of nitrogens with zero attached hydrogens (tertiary/aromatic N) is 2. The van der Waals surface area contributed by atoms with Crippen molar-refractivity contribution in [3.05, 3.63) is 205 Å². The van der Waals surface area contributed by atoms with E-state index in [1.807, 2.05) is 24.3 Å². The minimum atomic E-state index is -0.509. The first-order chi connectivity index (χ1) is 32.8. The van der Waals surface area contributed by atoms with Gasteiger partial charge >= 0.3 is 0 Å². The Morgan fingerprint density at radius 3 is 2.07 bits per heavy atom. The van der Waals surface area contributed by atoms with E-state index in [0.29, 0.717) is 10.3 Å². The van der Waals surface area contributed by atoms with Gasteiger partial charge in [0.25, 0.3) is 0 Å². The first-order valence-electron chi connectivity index (χ1n) is 23.9. The Hall–Kier alpha value is -6.85. The molecule has 0 spiro atoms. The second kappa shape index (κ2) is 13.6. The average Bonchev–Trinajstić information content (AvgIpc) is 4.03. The molecule has 2 heterocycles. The lowest BCUT2D eigenvalue weighted by molar-refractivity contribution is 0.660. The molecule has 0 radical (unpaired) electrons. The van der Waals surface area contributed by atoms with Crippen molar-refractivity contribution >= 4 is 80.9 Å². The number of thiophene rings is 1. The van der Waals surface area contributed by atoms with Gasteiger partial charge in [-0.1, -0.05) is 159 Å². The maximum atomic E-state index is 9.42. The molecule has 2 nitrogen and oxygen atoms in total. The fraction of sp³-hybridized carbons (Fsp3) is 0.0536. The molecule has 9 aromatic carbocycles. The molecule has 1 aliphatic rings. The van der Waals surface area contributed by atoms with E-state index in [-0.39, 0.29) is 45.2 Å². The topological polar surface area (TPSA) is 16.1 Å². The smallest absolute Gasteiger partial charge is 0.124 e. The van der Waals surface area contributed by atoms with Crippen molar-refractivity contribution < 1.29 is 11.0 Å². The molecule has 0 saturated carbocycles. The van der Waals surface area contributed by atoms with Crippen LogP contribution in [0, 0.1) is 0 Å². The van der Waals surface area contributed by atoms with E-state index in [1.165, 1.54) is 22.3 Å². The van der Waals surface area contributed by atoms with E-state index in [2.05, 4.69) is 145 Å². The van der Waals surface area contributed by atoms with Crippen molar-refractivity contribution in [3.8, 4) is 44.0 Å². The number of fused-ring (bicyclic) bond motifs is 9. The molecule has 1 aliphatic carbocycles. The van der Waals surface area contributed by atoms with Crippen LogP contribution in [0.2, 0.25) is 0 Å². The van der Waals surface area contributed by atoms with Crippen molar-refractivity contribution in [2.45, 2.75) is 19.3 Å². The molecule has 0 aliphatic heterocycles. The maximum Gasteiger partial charge on any atom is 0.124 e. The van der Waals surface area contributed by atoms with Crippen LogP contribution < -0.4 is 4.90 Å². The van der Waals surface area contributed by atoms with Gasteiger partial charge in [0, 0.05) is 53.3 Å². The van der Waals surface area contributed by atoms with E-state index < -0.39 is 30.2 Å². The lowest BCUT2D eigenvalue weighted by Gasteiger charge is -2.29. The summed E-state index contributed by atoms with van der Waals surface area (Å²) >= 11 is 2.66. The van der Waals surface area contributed by atoms with Crippen LogP contribution in [-0.4, -0.2) is 4.98 Å². The van der Waals surface area contributed by atoms with Gasteiger partial charge in [0.15, 0.2) is 0 Å². The van der Waals surface area contributed by atoms with E-state index in [4.69, 9.17) is 8.22 Å². The second-order valence-electron chi connectivity index (χ2n) is 15.7. The predicted octanol–water partition coefficient (Wildman–Crippen LogP) is 16.6. The van der Waals surface area contributed by atoms with Crippen LogP contribution in [0.15, 0.2) is 194 Å². The largest absolute Gasteiger partial charge is 0.310 e. The zero-order valence-corrected chi connectivity index (χ0v) is 34.2. The monoisotopic (exact) mass is 810 g/mol. The van der Waals surface area contributed by atoms with Crippen LogP contribution in [0.5, 0.6) is 0 Å². The quantitative estimate of drug-likeness (QED) is 0.166. The molecule has 12 rings (SSSR count). The molecule has 0 fully saturated rings. The Bertz CT molecular complexity index is 3910. The van der Waals surface area contributed by atoms with Gasteiger partial charge in [-0.2, -0.15) is 0 Å². The Morgan fingerprint density at radius 1 is 0.500 bits per heavy atom. The summed E-state index contributed by atoms with van der Waals surface area (Å²) in [5.74, 6) is 0. The summed E-state index contributed by atoms with van der Waals surface area (Å²) in [6, 6.07) is 48.9. The maximum absolute atomic E-state index is 9.42. The van der Waals surface area contributed by atoms with Gasteiger partial charge in [-0.05, 0) is 93.0 Å². The van der Waals surface area contributed by atoms with Gasteiger partial charge in [0.05, 0.1) is 26.9 Å². The van der Waals surface area contributed by atoms with Crippen molar-refractivity contribution in [1.29, 1.82) is 0 Å². The zero-order chi connectivity index (χ0) is 46.9. The molecule has 0 bridgehead atoms. The third-order valence-corrected chi connectivity index (χ3v) is 14.1. The number of anilines is 3. The highest BCUT2D eigenvalue weighted by atomic mass is 32.1. The zero-order valence-electron chi connectivity index (χ0n) is 40.6. The number of hydrogen-bond donors (Lipinski definition) is 0. The summed E-state index contributed by atoms with van der Waals surface area (Å²) in [5.41, 5.74) is 11.2. The van der Waals surface area contributed by atoms with Gasteiger partial charge < -0.3 is 4.90 Å². The number of rotatable bonds is 6. The standard InChI is InChI=1S/C56H38N2S2/c1-56(2)48-20-12-11-17-42(48)43-29-27-41(33-49(43)56)58(40-25-21-36(22-26-40)35-13-5-3-6-14-35)51-34-47-45-28-23-38(31-52(45)59-54(47)46-19-10-9-18-44(46)51)39-24-30-50-53(32-39)60-55(57-50)37-15-7-4-8-16-37/h3-34H,1-2H3/i4D,7D,8D,15D,16D,24D,30D,32D. The van der Waals surface area contributed by atoms with Gasteiger partial charge in [-0.25, -0.2) is 4.98 Å². The molecule has 0 N–H and O–H groups in total. The number of thiazole rings is 1. The van der Waals surface area contributed by atoms with Crippen LogP contribution >= 0.6 is 22.7 Å². The molecule has 60 heavy (non-hydrogen) atoms. The summed E-state index contributed by atoms with van der Waals surface area (Å²) in [6.07, 6.45) is 0. The average molecular weight is 811 g/mol. The fourth-order valence-corrected chi connectivity index (χ4v) is 11.1. The van der Waals surface area contributed by atoms with E-state index in [1.54, 1.807) is 11.3 Å².